The van der Waals surface area contributed by atoms with Crippen LogP contribution in [0.5, 0.6) is 0 Å². The normalized spacial score (nSPS) is 10.9. The third kappa shape index (κ3) is 3.93. The first kappa shape index (κ1) is 12.2. The Hall–Kier alpha value is -2.30. The van der Waals surface area contributed by atoms with Crippen molar-refractivity contribution in [2.24, 2.45) is 0 Å². The molecule has 5 nitrogen and oxygen atoms in total. The van der Waals surface area contributed by atoms with Crippen LogP contribution in [0.25, 0.3) is 6.08 Å². The number of carbonyl (C=O) groups is 1. The highest BCUT2D eigenvalue weighted by Crippen LogP contribution is 2.02. The Balaban J connectivity index is 1.63. The van der Waals surface area contributed by atoms with E-state index in [4.69, 9.17) is 8.94 Å². The maximum absolute atomic E-state index is 11.4. The number of furan rings is 1. The quantitative estimate of drug-likeness (QED) is 0.625. The Kier molecular flexibility index (Phi) is 4.35. The smallest absolute Gasteiger partial charge is 0.244 e. The molecule has 0 fully saturated rings. The highest BCUT2D eigenvalue weighted by atomic mass is 16.5. The maximum Gasteiger partial charge on any atom is 0.244 e. The SMILES string of the molecule is O=C(C=Cc1ccco1)NCCCc1cnoc1. The highest BCUT2D eigenvalue weighted by Gasteiger charge is 1.98. The fraction of sp³-hybridized carbons (Fsp3) is 0.231. The molecule has 0 bridgehead atoms. The van der Waals surface area contributed by atoms with Gasteiger partial charge in [-0.05, 0) is 31.1 Å². The van der Waals surface area contributed by atoms with Crippen molar-refractivity contribution in [1.29, 1.82) is 0 Å². The van der Waals surface area contributed by atoms with E-state index in [0.717, 1.165) is 18.4 Å². The molecule has 0 radical (unpaired) electrons. The summed E-state index contributed by atoms with van der Waals surface area (Å²) in [6, 6.07) is 3.56. The Labute approximate surface area is 104 Å². The van der Waals surface area contributed by atoms with E-state index >= 15 is 0 Å². The molecular formula is C13H14N2O3. The molecule has 1 amide bonds. The summed E-state index contributed by atoms with van der Waals surface area (Å²) in [6.07, 6.45) is 9.63. The number of nitrogens with zero attached hydrogens (tertiary/aromatic N) is 1. The van der Waals surface area contributed by atoms with Gasteiger partial charge in [0.1, 0.15) is 12.0 Å². The zero-order valence-electron chi connectivity index (χ0n) is 9.83. The molecule has 0 saturated heterocycles. The summed E-state index contributed by atoms with van der Waals surface area (Å²) in [5, 5.41) is 6.40. The van der Waals surface area contributed by atoms with Gasteiger partial charge in [-0.25, -0.2) is 0 Å². The summed E-state index contributed by atoms with van der Waals surface area (Å²) in [5.74, 6) is 0.534. The number of aryl methyl sites for hydroxylation is 1. The van der Waals surface area contributed by atoms with Crippen LogP contribution >= 0.6 is 0 Å². The predicted molar refractivity (Wildman–Crippen MR) is 65.6 cm³/mol. The molecule has 1 N–H and O–H groups in total. The molecule has 18 heavy (non-hydrogen) atoms. The molecule has 0 saturated carbocycles. The second-order valence-corrected chi connectivity index (χ2v) is 3.78. The minimum Gasteiger partial charge on any atom is -0.465 e. The number of aromatic nitrogens is 1. The first-order chi connectivity index (χ1) is 8.84. The average Bonchev–Trinajstić information content (AvgIpc) is 3.04. The van der Waals surface area contributed by atoms with E-state index in [9.17, 15) is 4.79 Å². The molecule has 0 spiro atoms. The molecule has 0 atom stereocenters. The lowest BCUT2D eigenvalue weighted by molar-refractivity contribution is -0.116. The Morgan fingerprint density at radius 3 is 3.17 bits per heavy atom. The Morgan fingerprint density at radius 1 is 1.50 bits per heavy atom. The molecule has 0 aliphatic heterocycles. The maximum atomic E-state index is 11.4. The van der Waals surface area contributed by atoms with Crippen LogP contribution in [0, 0.1) is 0 Å². The Morgan fingerprint density at radius 2 is 2.44 bits per heavy atom. The number of nitrogens with one attached hydrogen (secondary N) is 1. The molecule has 2 aromatic heterocycles. The van der Waals surface area contributed by atoms with Gasteiger partial charge in [0.15, 0.2) is 0 Å². The van der Waals surface area contributed by atoms with Crippen molar-refractivity contribution in [2.45, 2.75) is 12.8 Å². The van der Waals surface area contributed by atoms with Gasteiger partial charge in [0.25, 0.3) is 0 Å². The lowest BCUT2D eigenvalue weighted by Gasteiger charge is -2.00. The van der Waals surface area contributed by atoms with E-state index in [1.54, 1.807) is 36.9 Å². The third-order valence-corrected chi connectivity index (χ3v) is 2.37. The van der Waals surface area contributed by atoms with E-state index in [1.165, 1.54) is 6.08 Å². The van der Waals surface area contributed by atoms with Crippen molar-refractivity contribution in [3.8, 4) is 0 Å². The van der Waals surface area contributed by atoms with E-state index in [-0.39, 0.29) is 5.91 Å². The number of hydrogen-bond acceptors (Lipinski definition) is 4. The summed E-state index contributed by atoms with van der Waals surface area (Å²) in [4.78, 5) is 11.4. The van der Waals surface area contributed by atoms with Crippen LogP contribution in [-0.4, -0.2) is 17.6 Å². The zero-order chi connectivity index (χ0) is 12.6. The van der Waals surface area contributed by atoms with Crippen LogP contribution in [0.2, 0.25) is 0 Å². The molecule has 0 aliphatic rings. The van der Waals surface area contributed by atoms with E-state index in [0.29, 0.717) is 12.3 Å². The first-order valence-corrected chi connectivity index (χ1v) is 5.72. The van der Waals surface area contributed by atoms with Crippen LogP contribution in [0.4, 0.5) is 0 Å². The fourth-order valence-corrected chi connectivity index (χ4v) is 1.46. The van der Waals surface area contributed by atoms with Gasteiger partial charge in [0.05, 0.1) is 12.5 Å². The Bertz CT molecular complexity index is 486. The van der Waals surface area contributed by atoms with Gasteiger partial charge in [0.2, 0.25) is 5.91 Å². The van der Waals surface area contributed by atoms with Gasteiger partial charge in [-0.3, -0.25) is 4.79 Å². The second-order valence-electron chi connectivity index (χ2n) is 3.78. The molecule has 2 rings (SSSR count). The minimum atomic E-state index is -0.128. The van der Waals surface area contributed by atoms with Crippen molar-refractivity contribution in [1.82, 2.24) is 10.5 Å². The van der Waals surface area contributed by atoms with Gasteiger partial charge < -0.3 is 14.3 Å². The van der Waals surface area contributed by atoms with Gasteiger partial charge in [-0.1, -0.05) is 5.16 Å². The summed E-state index contributed by atoms with van der Waals surface area (Å²) in [7, 11) is 0. The molecule has 0 aromatic carbocycles. The molecule has 0 aliphatic carbocycles. The van der Waals surface area contributed by atoms with Crippen LogP contribution in [-0.2, 0) is 11.2 Å². The molecule has 0 unspecified atom stereocenters. The fourth-order valence-electron chi connectivity index (χ4n) is 1.46. The summed E-state index contributed by atoms with van der Waals surface area (Å²) >= 11 is 0. The summed E-state index contributed by atoms with van der Waals surface area (Å²) in [6.45, 7) is 0.618. The van der Waals surface area contributed by atoms with Crippen LogP contribution < -0.4 is 5.32 Å². The lowest BCUT2D eigenvalue weighted by atomic mass is 10.2. The number of hydrogen-bond donors (Lipinski definition) is 1. The summed E-state index contributed by atoms with van der Waals surface area (Å²) < 4.78 is 9.79. The van der Waals surface area contributed by atoms with Gasteiger partial charge in [-0.2, -0.15) is 0 Å². The largest absolute Gasteiger partial charge is 0.465 e. The van der Waals surface area contributed by atoms with Gasteiger partial charge >= 0.3 is 0 Å². The highest BCUT2D eigenvalue weighted by molar-refractivity contribution is 5.91. The minimum absolute atomic E-state index is 0.128. The van der Waals surface area contributed by atoms with E-state index < -0.39 is 0 Å². The van der Waals surface area contributed by atoms with Crippen LogP contribution in [0.15, 0.2) is 45.9 Å². The molecule has 2 aromatic rings. The van der Waals surface area contributed by atoms with Crippen molar-refractivity contribution in [3.05, 3.63) is 48.3 Å². The third-order valence-electron chi connectivity index (χ3n) is 2.37. The molecular weight excluding hydrogens is 232 g/mol. The number of carbonyl (C=O) groups excluding carboxylic acids is 1. The summed E-state index contributed by atoms with van der Waals surface area (Å²) in [5.41, 5.74) is 1.04. The lowest BCUT2D eigenvalue weighted by Crippen LogP contribution is -2.22. The van der Waals surface area contributed by atoms with E-state index in [1.807, 2.05) is 0 Å². The molecule has 2 heterocycles. The standard InChI is InChI=1S/C13H14N2O3/c16-13(6-5-12-4-2-8-17-12)14-7-1-3-11-9-15-18-10-11/h2,4-6,8-10H,1,3,7H2,(H,14,16). The monoisotopic (exact) mass is 246 g/mol. The first-order valence-electron chi connectivity index (χ1n) is 5.72. The van der Waals surface area contributed by atoms with Crippen molar-refractivity contribution >= 4 is 12.0 Å². The van der Waals surface area contributed by atoms with Crippen molar-refractivity contribution in [3.63, 3.8) is 0 Å². The van der Waals surface area contributed by atoms with Crippen molar-refractivity contribution < 1.29 is 13.7 Å². The van der Waals surface area contributed by atoms with E-state index in [2.05, 4.69) is 10.5 Å². The van der Waals surface area contributed by atoms with Crippen molar-refractivity contribution in [2.75, 3.05) is 6.54 Å². The van der Waals surface area contributed by atoms with Gasteiger partial charge in [0, 0.05) is 18.2 Å². The molecule has 94 valence electrons. The number of amides is 1. The topological polar surface area (TPSA) is 68.3 Å². The average molecular weight is 246 g/mol. The molecule has 5 heteroatoms. The number of rotatable bonds is 6. The van der Waals surface area contributed by atoms with Crippen LogP contribution in [0.3, 0.4) is 0 Å². The van der Waals surface area contributed by atoms with Gasteiger partial charge in [-0.15, -0.1) is 0 Å². The second kappa shape index (κ2) is 6.44. The zero-order valence-corrected chi connectivity index (χ0v) is 9.83. The predicted octanol–water partition coefficient (Wildman–Crippen LogP) is 2.03. The van der Waals surface area contributed by atoms with Crippen LogP contribution in [0.1, 0.15) is 17.7 Å².